The number of aryl methyl sites for hydroxylation is 1. The van der Waals surface area contributed by atoms with E-state index in [-0.39, 0.29) is 11.1 Å². The first-order valence-electron chi connectivity index (χ1n) is 8.48. The largest absolute Gasteiger partial charge is 0.309 e. The minimum atomic E-state index is 0.0448. The fraction of sp³-hybridized carbons (Fsp3) is 0.526. The third kappa shape index (κ3) is 1.60. The van der Waals surface area contributed by atoms with Crippen LogP contribution in [0.15, 0.2) is 36.7 Å². The number of hydrogen-bond acceptors (Lipinski definition) is 2. The van der Waals surface area contributed by atoms with Crippen molar-refractivity contribution in [1.29, 1.82) is 0 Å². The molecule has 0 N–H and O–H groups in total. The molecule has 1 fully saturated rings. The van der Waals surface area contributed by atoms with Crippen LogP contribution in [-0.2, 0) is 5.54 Å². The number of aromatic nitrogens is 2. The van der Waals surface area contributed by atoms with Crippen molar-refractivity contribution < 1.29 is 0 Å². The highest BCUT2D eigenvalue weighted by Gasteiger charge is 2.57. The Labute approximate surface area is 133 Å². The molecule has 1 saturated carbocycles. The van der Waals surface area contributed by atoms with E-state index in [0.29, 0.717) is 0 Å². The van der Waals surface area contributed by atoms with Crippen LogP contribution in [0.25, 0.3) is 0 Å². The molecule has 2 aliphatic rings. The lowest BCUT2D eigenvalue weighted by Gasteiger charge is -2.48. The van der Waals surface area contributed by atoms with Crippen molar-refractivity contribution in [3.05, 3.63) is 42.2 Å². The van der Waals surface area contributed by atoms with Crippen LogP contribution >= 0.6 is 0 Å². The van der Waals surface area contributed by atoms with Crippen molar-refractivity contribution in [3.63, 3.8) is 0 Å². The number of rotatable bonds is 1. The number of anilines is 2. The first-order chi connectivity index (χ1) is 10.6. The summed E-state index contributed by atoms with van der Waals surface area (Å²) >= 11 is 0. The average molecular weight is 295 g/mol. The van der Waals surface area contributed by atoms with Crippen LogP contribution < -0.4 is 4.90 Å². The van der Waals surface area contributed by atoms with Gasteiger partial charge in [0, 0.05) is 18.1 Å². The molecule has 0 saturated heterocycles. The molecule has 4 rings (SSSR count). The monoisotopic (exact) mass is 295 g/mol. The lowest BCUT2D eigenvalue weighted by atomic mass is 9.69. The van der Waals surface area contributed by atoms with E-state index in [9.17, 15) is 0 Å². The maximum Gasteiger partial charge on any atom is 0.211 e. The molecule has 1 aliphatic carbocycles. The summed E-state index contributed by atoms with van der Waals surface area (Å²) < 4.78 is 2.47. The van der Waals surface area contributed by atoms with E-state index < -0.39 is 0 Å². The van der Waals surface area contributed by atoms with Gasteiger partial charge in [-0.1, -0.05) is 37.5 Å². The van der Waals surface area contributed by atoms with Crippen LogP contribution in [0.5, 0.6) is 0 Å². The Balaban J connectivity index is 1.93. The zero-order chi connectivity index (χ0) is 15.4. The highest BCUT2D eigenvalue weighted by atomic mass is 15.4. The molecular weight excluding hydrogens is 270 g/mol. The molecule has 116 valence electrons. The summed E-state index contributed by atoms with van der Waals surface area (Å²) in [5.41, 5.74) is 2.84. The van der Waals surface area contributed by atoms with E-state index in [1.54, 1.807) is 0 Å². The molecule has 22 heavy (non-hydrogen) atoms. The first-order valence-corrected chi connectivity index (χ1v) is 8.48. The number of hydrogen-bond donors (Lipinski definition) is 0. The topological polar surface area (TPSA) is 21.1 Å². The van der Waals surface area contributed by atoms with Crippen LogP contribution in [0.2, 0.25) is 0 Å². The molecule has 0 radical (unpaired) electrons. The number of fused-ring (bicyclic) bond motifs is 2. The molecule has 0 bridgehead atoms. The van der Waals surface area contributed by atoms with Gasteiger partial charge >= 0.3 is 0 Å². The van der Waals surface area contributed by atoms with Crippen molar-refractivity contribution >= 4 is 11.6 Å². The maximum atomic E-state index is 4.73. The van der Waals surface area contributed by atoms with Gasteiger partial charge in [-0.2, -0.15) is 0 Å². The smallest absolute Gasteiger partial charge is 0.211 e. The SMILES string of the molecule is Cc1ccccc1N1c2nccn2C2(CCCCC2)C1(C)C. The fourth-order valence-corrected chi connectivity index (χ4v) is 4.76. The van der Waals surface area contributed by atoms with Gasteiger partial charge in [-0.05, 0) is 45.2 Å². The normalized spacial score (nSPS) is 22.0. The van der Waals surface area contributed by atoms with Crippen molar-refractivity contribution in [2.45, 2.75) is 64.0 Å². The molecule has 0 atom stereocenters. The Hall–Kier alpha value is -1.77. The predicted octanol–water partition coefficient (Wildman–Crippen LogP) is 4.78. The molecule has 1 aromatic heterocycles. The Morgan fingerprint density at radius 2 is 1.77 bits per heavy atom. The van der Waals surface area contributed by atoms with Gasteiger partial charge in [-0.3, -0.25) is 0 Å². The Bertz CT molecular complexity index is 692. The van der Waals surface area contributed by atoms with Crippen LogP contribution in [0, 0.1) is 6.92 Å². The highest BCUT2D eigenvalue weighted by molar-refractivity contribution is 5.67. The van der Waals surface area contributed by atoms with E-state index >= 15 is 0 Å². The summed E-state index contributed by atoms with van der Waals surface area (Å²) in [6.07, 6.45) is 10.7. The second-order valence-corrected chi connectivity index (χ2v) is 7.37. The van der Waals surface area contributed by atoms with Gasteiger partial charge in [0.05, 0.1) is 11.1 Å². The molecular formula is C19H25N3. The minimum Gasteiger partial charge on any atom is -0.309 e. The fourth-order valence-electron chi connectivity index (χ4n) is 4.76. The number of imidazole rings is 1. The Morgan fingerprint density at radius 1 is 1.05 bits per heavy atom. The van der Waals surface area contributed by atoms with Gasteiger partial charge in [0.15, 0.2) is 0 Å². The van der Waals surface area contributed by atoms with Gasteiger partial charge in [-0.15, -0.1) is 0 Å². The first kappa shape index (κ1) is 13.9. The van der Waals surface area contributed by atoms with E-state index in [1.807, 2.05) is 6.20 Å². The van der Waals surface area contributed by atoms with Gasteiger partial charge in [0.1, 0.15) is 0 Å². The number of para-hydroxylation sites is 1. The highest BCUT2D eigenvalue weighted by Crippen LogP contribution is 2.55. The van der Waals surface area contributed by atoms with E-state index in [1.165, 1.54) is 43.4 Å². The second kappa shape index (κ2) is 4.61. The zero-order valence-corrected chi connectivity index (χ0v) is 13.8. The zero-order valence-electron chi connectivity index (χ0n) is 13.8. The summed E-state index contributed by atoms with van der Waals surface area (Å²) in [6.45, 7) is 7.00. The number of nitrogens with zero attached hydrogens (tertiary/aromatic N) is 3. The maximum absolute atomic E-state index is 4.73. The van der Waals surface area contributed by atoms with Crippen LogP contribution in [0.4, 0.5) is 11.6 Å². The molecule has 0 unspecified atom stereocenters. The summed E-state index contributed by atoms with van der Waals surface area (Å²) in [7, 11) is 0. The molecule has 1 aliphatic heterocycles. The molecule has 3 heteroatoms. The Kier molecular flexibility index (Phi) is 2.91. The van der Waals surface area contributed by atoms with E-state index in [0.717, 1.165) is 5.95 Å². The van der Waals surface area contributed by atoms with Crippen molar-refractivity contribution in [1.82, 2.24) is 9.55 Å². The molecule has 2 heterocycles. The van der Waals surface area contributed by atoms with Crippen molar-refractivity contribution in [3.8, 4) is 0 Å². The number of benzene rings is 1. The van der Waals surface area contributed by atoms with E-state index in [2.05, 4.69) is 60.7 Å². The summed E-state index contributed by atoms with van der Waals surface area (Å²) in [6, 6.07) is 8.69. The van der Waals surface area contributed by atoms with Gasteiger partial charge in [0.25, 0.3) is 0 Å². The summed E-state index contributed by atoms with van der Waals surface area (Å²) in [5, 5.41) is 0. The quantitative estimate of drug-likeness (QED) is 0.755. The molecule has 1 aromatic carbocycles. The van der Waals surface area contributed by atoms with Crippen LogP contribution in [-0.4, -0.2) is 15.1 Å². The average Bonchev–Trinajstić information content (AvgIpc) is 3.04. The third-order valence-corrected chi connectivity index (χ3v) is 6.02. The van der Waals surface area contributed by atoms with Gasteiger partial charge in [0.2, 0.25) is 5.95 Å². The summed E-state index contributed by atoms with van der Waals surface area (Å²) in [4.78, 5) is 7.21. The molecule has 0 amide bonds. The summed E-state index contributed by atoms with van der Waals surface area (Å²) in [5.74, 6) is 1.11. The second-order valence-electron chi connectivity index (χ2n) is 7.37. The lowest BCUT2D eigenvalue weighted by Crippen LogP contribution is -2.55. The minimum absolute atomic E-state index is 0.0448. The Morgan fingerprint density at radius 3 is 2.50 bits per heavy atom. The molecule has 2 aromatic rings. The van der Waals surface area contributed by atoms with Crippen molar-refractivity contribution in [2.24, 2.45) is 0 Å². The predicted molar refractivity (Wildman–Crippen MR) is 90.7 cm³/mol. The van der Waals surface area contributed by atoms with Crippen LogP contribution in [0.1, 0.15) is 51.5 Å². The van der Waals surface area contributed by atoms with Gasteiger partial charge < -0.3 is 9.47 Å². The van der Waals surface area contributed by atoms with Crippen molar-refractivity contribution in [2.75, 3.05) is 4.90 Å². The van der Waals surface area contributed by atoms with E-state index in [4.69, 9.17) is 4.98 Å². The molecule has 3 nitrogen and oxygen atoms in total. The molecule has 1 spiro atoms. The van der Waals surface area contributed by atoms with Gasteiger partial charge in [-0.25, -0.2) is 4.98 Å². The lowest BCUT2D eigenvalue weighted by molar-refractivity contribution is 0.129. The third-order valence-electron chi connectivity index (χ3n) is 6.02. The van der Waals surface area contributed by atoms with Crippen LogP contribution in [0.3, 0.4) is 0 Å². The standard InChI is InChI=1S/C19H25N3/c1-15-9-5-6-10-16(15)22-17-20-13-14-21(17)19(18(22,2)3)11-7-4-8-12-19/h5-6,9-10,13-14H,4,7-8,11-12H2,1-3H3.